The first-order valence-corrected chi connectivity index (χ1v) is 9.03. The third kappa shape index (κ3) is 3.02. The van der Waals surface area contributed by atoms with Crippen molar-refractivity contribution < 1.29 is 4.48 Å². The Morgan fingerprint density at radius 3 is 2.58 bits per heavy atom. The zero-order chi connectivity index (χ0) is 18.3. The largest absolute Gasteiger partial charge is 0.310 e. The van der Waals surface area contributed by atoms with Crippen LogP contribution in [0.15, 0.2) is 54.9 Å². The van der Waals surface area contributed by atoms with Gasteiger partial charge in [-0.3, -0.25) is 15.7 Å². The van der Waals surface area contributed by atoms with Crippen LogP contribution in [-0.2, 0) is 0 Å². The molecule has 1 atom stereocenters. The predicted molar refractivity (Wildman–Crippen MR) is 107 cm³/mol. The maximum Gasteiger partial charge on any atom is 0.143 e. The molecule has 0 spiro atoms. The van der Waals surface area contributed by atoms with Crippen LogP contribution in [0.1, 0.15) is 17.7 Å². The van der Waals surface area contributed by atoms with Crippen LogP contribution in [-0.4, -0.2) is 41.3 Å². The molecule has 26 heavy (non-hydrogen) atoms. The molecule has 132 valence electrons. The monoisotopic (exact) mass is 345 g/mol. The molecular weight excluding hydrogens is 320 g/mol. The van der Waals surface area contributed by atoms with Gasteiger partial charge in [0.25, 0.3) is 0 Å². The van der Waals surface area contributed by atoms with Crippen LogP contribution in [0.5, 0.6) is 0 Å². The first-order valence-electron chi connectivity index (χ1n) is 9.03. The molecular formula is C22H25N4+. The van der Waals surface area contributed by atoms with Crippen LogP contribution >= 0.6 is 0 Å². The van der Waals surface area contributed by atoms with E-state index in [0.29, 0.717) is 0 Å². The second kappa shape index (κ2) is 6.31. The van der Waals surface area contributed by atoms with Crippen molar-refractivity contribution in [1.29, 1.82) is 0 Å². The van der Waals surface area contributed by atoms with Gasteiger partial charge in [-0.2, -0.15) is 0 Å². The predicted octanol–water partition coefficient (Wildman–Crippen LogP) is 3.75. The zero-order valence-electron chi connectivity index (χ0n) is 15.6. The Hall–Kier alpha value is -2.56. The van der Waals surface area contributed by atoms with Crippen molar-refractivity contribution in [3.05, 3.63) is 66.1 Å². The van der Waals surface area contributed by atoms with Crippen molar-refractivity contribution in [1.82, 2.24) is 9.97 Å². The van der Waals surface area contributed by atoms with Crippen molar-refractivity contribution >= 4 is 16.5 Å². The lowest BCUT2D eigenvalue weighted by molar-refractivity contribution is -0.908. The van der Waals surface area contributed by atoms with Gasteiger partial charge >= 0.3 is 0 Å². The SMILES string of the molecule is Cc1cc(-c2ccnc3ccc(C4=CCC(N)[N+](C)(C)C4)cc23)ccn1. The molecule has 0 aliphatic carbocycles. The first-order chi connectivity index (χ1) is 12.4. The summed E-state index contributed by atoms with van der Waals surface area (Å²) in [5, 5.41) is 1.18. The second-order valence-electron chi connectivity index (χ2n) is 7.75. The smallest absolute Gasteiger partial charge is 0.143 e. The van der Waals surface area contributed by atoms with Gasteiger partial charge in [0.2, 0.25) is 0 Å². The number of hydrogen-bond donors (Lipinski definition) is 1. The Kier molecular flexibility index (Phi) is 4.10. The molecule has 2 N–H and O–H groups in total. The number of benzene rings is 1. The Balaban J connectivity index is 1.84. The summed E-state index contributed by atoms with van der Waals surface area (Å²) >= 11 is 0. The lowest BCUT2D eigenvalue weighted by Gasteiger charge is -2.39. The van der Waals surface area contributed by atoms with Crippen molar-refractivity contribution in [3.63, 3.8) is 0 Å². The third-order valence-electron chi connectivity index (χ3n) is 5.40. The fourth-order valence-corrected chi connectivity index (χ4v) is 3.69. The van der Waals surface area contributed by atoms with E-state index in [0.717, 1.165) is 28.7 Å². The summed E-state index contributed by atoms with van der Waals surface area (Å²) in [6, 6.07) is 12.9. The van der Waals surface area contributed by atoms with E-state index in [2.05, 4.69) is 66.5 Å². The highest BCUT2D eigenvalue weighted by atomic mass is 15.4. The summed E-state index contributed by atoms with van der Waals surface area (Å²) in [6.45, 7) is 2.96. The Labute approximate surface area is 154 Å². The molecule has 1 aromatic carbocycles. The standard InChI is InChI=1S/C22H25N4/c1-15-12-17(8-10-24-15)19-9-11-25-21-6-4-16(13-20(19)21)18-5-7-22(23)26(2,3)14-18/h4-6,8-13,22H,7,14,23H2,1-3H3/q+1. The van der Waals surface area contributed by atoms with Crippen LogP contribution in [0.2, 0.25) is 0 Å². The van der Waals surface area contributed by atoms with Crippen molar-refractivity contribution in [2.75, 3.05) is 20.6 Å². The number of aromatic nitrogens is 2. The molecule has 0 amide bonds. The van der Waals surface area contributed by atoms with Crippen molar-refractivity contribution in [3.8, 4) is 11.1 Å². The maximum absolute atomic E-state index is 6.27. The fraction of sp³-hybridized carbons (Fsp3) is 0.273. The van der Waals surface area contributed by atoms with Gasteiger partial charge in [0.1, 0.15) is 12.7 Å². The minimum Gasteiger partial charge on any atom is -0.310 e. The fourth-order valence-electron chi connectivity index (χ4n) is 3.69. The molecule has 1 unspecified atom stereocenters. The summed E-state index contributed by atoms with van der Waals surface area (Å²) in [4.78, 5) is 8.88. The normalized spacial score (nSPS) is 19.4. The van der Waals surface area contributed by atoms with E-state index in [1.54, 1.807) is 0 Å². The first kappa shape index (κ1) is 16.9. The number of nitrogens with two attached hydrogens (primary N) is 1. The molecule has 0 radical (unpaired) electrons. The van der Waals surface area contributed by atoms with E-state index in [1.807, 2.05) is 19.3 Å². The summed E-state index contributed by atoms with van der Waals surface area (Å²) < 4.78 is 0.813. The van der Waals surface area contributed by atoms with Crippen molar-refractivity contribution in [2.24, 2.45) is 5.73 Å². The van der Waals surface area contributed by atoms with E-state index >= 15 is 0 Å². The molecule has 0 saturated carbocycles. The Morgan fingerprint density at radius 2 is 1.81 bits per heavy atom. The summed E-state index contributed by atoms with van der Waals surface area (Å²) in [5.74, 6) is 0. The summed E-state index contributed by atoms with van der Waals surface area (Å²) in [6.07, 6.45) is 7.11. The topological polar surface area (TPSA) is 51.8 Å². The van der Waals surface area contributed by atoms with Gasteiger partial charge in [-0.15, -0.1) is 0 Å². The van der Waals surface area contributed by atoms with Gasteiger partial charge in [-0.1, -0.05) is 12.1 Å². The van der Waals surface area contributed by atoms with Crippen molar-refractivity contribution in [2.45, 2.75) is 19.5 Å². The van der Waals surface area contributed by atoms with Crippen LogP contribution in [0.25, 0.3) is 27.6 Å². The van der Waals surface area contributed by atoms with Crippen LogP contribution < -0.4 is 5.73 Å². The quantitative estimate of drug-likeness (QED) is 0.720. The van der Waals surface area contributed by atoms with Crippen LogP contribution in [0, 0.1) is 6.92 Å². The minimum atomic E-state index is 0.163. The second-order valence-corrected chi connectivity index (χ2v) is 7.75. The summed E-state index contributed by atoms with van der Waals surface area (Å²) in [7, 11) is 4.40. The number of likely N-dealkylation sites (N-methyl/N-ethyl adjacent to an activating group) is 1. The molecule has 4 heteroatoms. The molecule has 0 bridgehead atoms. The molecule has 0 saturated heterocycles. The number of fused-ring (bicyclic) bond motifs is 1. The highest BCUT2D eigenvalue weighted by molar-refractivity contribution is 5.96. The molecule has 3 aromatic rings. The lowest BCUT2D eigenvalue weighted by atomic mass is 9.94. The van der Waals surface area contributed by atoms with E-state index in [-0.39, 0.29) is 6.17 Å². The van der Waals surface area contributed by atoms with E-state index in [4.69, 9.17) is 5.73 Å². The number of rotatable bonds is 2. The van der Waals surface area contributed by atoms with Crippen LogP contribution in [0.3, 0.4) is 0 Å². The number of aryl methyl sites for hydroxylation is 1. The van der Waals surface area contributed by atoms with Gasteiger partial charge in [0.05, 0.1) is 19.6 Å². The number of quaternary nitrogens is 1. The minimum absolute atomic E-state index is 0.163. The number of hydrogen-bond acceptors (Lipinski definition) is 3. The van der Waals surface area contributed by atoms with E-state index < -0.39 is 0 Å². The Morgan fingerprint density at radius 1 is 1.00 bits per heavy atom. The lowest BCUT2D eigenvalue weighted by Crippen LogP contribution is -2.55. The average Bonchev–Trinajstić information content (AvgIpc) is 2.63. The maximum atomic E-state index is 6.27. The molecule has 2 aromatic heterocycles. The number of pyridine rings is 2. The molecule has 1 aliphatic rings. The summed E-state index contributed by atoms with van der Waals surface area (Å²) in [5.41, 5.74) is 13.3. The molecule has 0 fully saturated rings. The van der Waals surface area contributed by atoms with Crippen LogP contribution in [0.4, 0.5) is 0 Å². The van der Waals surface area contributed by atoms with E-state index in [9.17, 15) is 0 Å². The highest BCUT2D eigenvalue weighted by Gasteiger charge is 2.29. The zero-order valence-corrected chi connectivity index (χ0v) is 15.6. The van der Waals surface area contributed by atoms with Gasteiger partial charge in [0, 0.05) is 35.5 Å². The molecule has 4 nitrogen and oxygen atoms in total. The van der Waals surface area contributed by atoms with Gasteiger partial charge < -0.3 is 4.48 Å². The van der Waals surface area contributed by atoms with Gasteiger partial charge in [-0.25, -0.2) is 0 Å². The number of nitrogens with zero attached hydrogens (tertiary/aromatic N) is 3. The highest BCUT2D eigenvalue weighted by Crippen LogP contribution is 2.32. The van der Waals surface area contributed by atoms with Gasteiger partial charge in [-0.05, 0) is 53.9 Å². The third-order valence-corrected chi connectivity index (χ3v) is 5.40. The van der Waals surface area contributed by atoms with Gasteiger partial charge in [0.15, 0.2) is 0 Å². The molecule has 1 aliphatic heterocycles. The Bertz CT molecular complexity index is 1000. The molecule has 3 heterocycles. The average molecular weight is 345 g/mol. The molecule has 4 rings (SSSR count). The van der Waals surface area contributed by atoms with E-state index in [1.165, 1.54) is 27.6 Å².